The Balaban J connectivity index is 1.55. The molecule has 134 valence electrons. The molecule has 0 unspecified atom stereocenters. The number of carbonyl (C=O) groups is 1. The average molecular weight is 346 g/mol. The van der Waals surface area contributed by atoms with Crippen molar-refractivity contribution in [3.63, 3.8) is 0 Å². The summed E-state index contributed by atoms with van der Waals surface area (Å²) in [6.07, 6.45) is 3.72. The van der Waals surface area contributed by atoms with Gasteiger partial charge in [0, 0.05) is 13.1 Å². The topological polar surface area (TPSA) is 67.2 Å². The van der Waals surface area contributed by atoms with Gasteiger partial charge in [0.05, 0.1) is 17.2 Å². The summed E-state index contributed by atoms with van der Waals surface area (Å²) in [5.41, 5.74) is 0.00653. The maximum atomic E-state index is 13.3. The van der Waals surface area contributed by atoms with E-state index in [0.717, 1.165) is 31.6 Å². The number of aromatic nitrogens is 2. The largest absolute Gasteiger partial charge is 0.353 e. The minimum absolute atomic E-state index is 0.116. The van der Waals surface area contributed by atoms with Crippen molar-refractivity contribution in [2.45, 2.75) is 26.3 Å². The maximum absolute atomic E-state index is 13.3. The van der Waals surface area contributed by atoms with Crippen LogP contribution in [0.5, 0.6) is 0 Å². The number of hydrogen-bond acceptors (Lipinski definition) is 4. The van der Waals surface area contributed by atoms with Crippen molar-refractivity contribution in [2.24, 2.45) is 5.92 Å². The smallest absolute Gasteiger partial charge is 0.261 e. The summed E-state index contributed by atoms with van der Waals surface area (Å²) in [6.45, 7) is 5.65. The Bertz CT molecular complexity index is 812. The van der Waals surface area contributed by atoms with E-state index >= 15 is 0 Å². The van der Waals surface area contributed by atoms with Crippen LogP contribution in [-0.2, 0) is 11.3 Å². The van der Waals surface area contributed by atoms with E-state index in [9.17, 15) is 14.0 Å². The molecule has 2 heterocycles. The van der Waals surface area contributed by atoms with E-state index in [1.165, 1.54) is 35.9 Å². The Morgan fingerprint density at radius 1 is 1.36 bits per heavy atom. The van der Waals surface area contributed by atoms with Gasteiger partial charge in [0.2, 0.25) is 5.91 Å². The fourth-order valence-corrected chi connectivity index (χ4v) is 3.09. The number of halogens is 1. The average Bonchev–Trinajstić information content (AvgIpc) is 2.60. The lowest BCUT2D eigenvalue weighted by Gasteiger charge is -2.30. The number of likely N-dealkylation sites (tertiary alicyclic amines) is 1. The SMILES string of the molecule is CC1CCN(CCNC(=O)Cn2cnc3ccc(F)cc3c2=O)CC1. The van der Waals surface area contributed by atoms with E-state index in [0.29, 0.717) is 12.1 Å². The molecule has 7 heteroatoms. The van der Waals surface area contributed by atoms with Gasteiger partial charge < -0.3 is 10.2 Å². The summed E-state index contributed by atoms with van der Waals surface area (Å²) in [5.74, 6) is 0.0393. The summed E-state index contributed by atoms with van der Waals surface area (Å²) < 4.78 is 14.5. The van der Waals surface area contributed by atoms with Crippen LogP contribution >= 0.6 is 0 Å². The zero-order valence-electron chi connectivity index (χ0n) is 14.4. The predicted octanol–water partition coefficient (Wildman–Crippen LogP) is 1.38. The highest BCUT2D eigenvalue weighted by atomic mass is 19.1. The molecule has 0 atom stereocenters. The van der Waals surface area contributed by atoms with Gasteiger partial charge in [-0.3, -0.25) is 14.2 Å². The summed E-state index contributed by atoms with van der Waals surface area (Å²) in [4.78, 5) is 30.9. The zero-order chi connectivity index (χ0) is 17.8. The van der Waals surface area contributed by atoms with E-state index in [1.807, 2.05) is 0 Å². The van der Waals surface area contributed by atoms with Crippen molar-refractivity contribution in [2.75, 3.05) is 26.2 Å². The minimum Gasteiger partial charge on any atom is -0.353 e. The molecule has 1 saturated heterocycles. The summed E-state index contributed by atoms with van der Waals surface area (Å²) in [7, 11) is 0. The molecule has 1 aliphatic rings. The molecule has 3 rings (SSSR count). The number of benzene rings is 1. The van der Waals surface area contributed by atoms with Gasteiger partial charge in [-0.2, -0.15) is 0 Å². The first-order valence-corrected chi connectivity index (χ1v) is 8.66. The second-order valence-electron chi connectivity index (χ2n) is 6.71. The highest BCUT2D eigenvalue weighted by molar-refractivity contribution is 5.78. The maximum Gasteiger partial charge on any atom is 0.261 e. The molecule has 1 aromatic heterocycles. The van der Waals surface area contributed by atoms with E-state index in [1.54, 1.807) is 0 Å². The first-order chi connectivity index (χ1) is 12.0. The summed E-state index contributed by atoms with van der Waals surface area (Å²) in [6, 6.07) is 3.86. The van der Waals surface area contributed by atoms with Crippen LogP contribution in [0.1, 0.15) is 19.8 Å². The van der Waals surface area contributed by atoms with E-state index in [2.05, 4.69) is 22.1 Å². The molecule has 1 aromatic carbocycles. The second-order valence-corrected chi connectivity index (χ2v) is 6.71. The molecule has 1 fully saturated rings. The van der Waals surface area contributed by atoms with Crippen molar-refractivity contribution in [3.05, 3.63) is 40.7 Å². The molecule has 25 heavy (non-hydrogen) atoms. The predicted molar refractivity (Wildman–Crippen MR) is 93.8 cm³/mol. The molecule has 1 N–H and O–H groups in total. The second kappa shape index (κ2) is 7.74. The van der Waals surface area contributed by atoms with Crippen LogP contribution in [0.4, 0.5) is 4.39 Å². The molecule has 6 nitrogen and oxygen atoms in total. The number of nitrogens with one attached hydrogen (secondary N) is 1. The fraction of sp³-hybridized carbons (Fsp3) is 0.500. The van der Waals surface area contributed by atoms with Crippen LogP contribution in [0.15, 0.2) is 29.3 Å². The first-order valence-electron chi connectivity index (χ1n) is 8.66. The number of nitrogens with zero attached hydrogens (tertiary/aromatic N) is 3. The number of fused-ring (bicyclic) bond motifs is 1. The van der Waals surface area contributed by atoms with Crippen LogP contribution in [0, 0.1) is 11.7 Å². The zero-order valence-corrected chi connectivity index (χ0v) is 14.4. The van der Waals surface area contributed by atoms with Crippen molar-refractivity contribution in [3.8, 4) is 0 Å². The van der Waals surface area contributed by atoms with Gasteiger partial charge in [0.25, 0.3) is 5.56 Å². The van der Waals surface area contributed by atoms with Crippen LogP contribution in [0.25, 0.3) is 10.9 Å². The quantitative estimate of drug-likeness (QED) is 0.888. The van der Waals surface area contributed by atoms with E-state index in [4.69, 9.17) is 0 Å². The Morgan fingerprint density at radius 2 is 2.12 bits per heavy atom. The normalized spacial score (nSPS) is 16.2. The Hall–Kier alpha value is -2.28. The minimum atomic E-state index is -0.496. The standard InChI is InChI=1S/C18H23FN4O2/c1-13-4-7-22(8-5-13)9-6-20-17(24)11-23-12-21-16-3-2-14(19)10-15(16)18(23)25/h2-3,10,12-13H,4-9,11H2,1H3,(H,20,24). The lowest BCUT2D eigenvalue weighted by molar-refractivity contribution is -0.121. The van der Waals surface area contributed by atoms with Gasteiger partial charge in [-0.05, 0) is 50.0 Å². The highest BCUT2D eigenvalue weighted by Crippen LogP contribution is 2.15. The number of piperidine rings is 1. The molecule has 0 bridgehead atoms. The van der Waals surface area contributed by atoms with Gasteiger partial charge in [-0.25, -0.2) is 9.37 Å². The fourth-order valence-electron chi connectivity index (χ4n) is 3.09. The van der Waals surface area contributed by atoms with Crippen molar-refractivity contribution in [1.82, 2.24) is 19.8 Å². The first kappa shape index (κ1) is 17.5. The molecule has 1 amide bonds. The van der Waals surface area contributed by atoms with Crippen LogP contribution < -0.4 is 10.9 Å². The third kappa shape index (κ3) is 4.42. The molecule has 0 radical (unpaired) electrons. The lowest BCUT2D eigenvalue weighted by Crippen LogP contribution is -2.40. The molecular weight excluding hydrogens is 323 g/mol. The van der Waals surface area contributed by atoms with E-state index < -0.39 is 11.4 Å². The van der Waals surface area contributed by atoms with Gasteiger partial charge in [0.15, 0.2) is 0 Å². The van der Waals surface area contributed by atoms with E-state index in [-0.39, 0.29) is 17.8 Å². The van der Waals surface area contributed by atoms with Crippen LogP contribution in [-0.4, -0.2) is 46.5 Å². The molecular formula is C18H23FN4O2. The molecule has 1 aliphatic heterocycles. The molecule has 0 spiro atoms. The molecule has 0 aliphatic carbocycles. The third-order valence-electron chi connectivity index (χ3n) is 4.73. The number of amides is 1. The Labute approximate surface area is 145 Å². The highest BCUT2D eigenvalue weighted by Gasteiger charge is 2.15. The lowest BCUT2D eigenvalue weighted by atomic mass is 9.99. The Morgan fingerprint density at radius 3 is 2.88 bits per heavy atom. The van der Waals surface area contributed by atoms with Crippen molar-refractivity contribution < 1.29 is 9.18 Å². The summed E-state index contributed by atoms with van der Waals surface area (Å²) in [5, 5.41) is 3.01. The number of carbonyl (C=O) groups excluding carboxylic acids is 1. The Kier molecular flexibility index (Phi) is 5.43. The van der Waals surface area contributed by atoms with Crippen molar-refractivity contribution >= 4 is 16.8 Å². The number of rotatable bonds is 5. The third-order valence-corrected chi connectivity index (χ3v) is 4.73. The monoisotopic (exact) mass is 346 g/mol. The summed E-state index contributed by atoms with van der Waals surface area (Å²) >= 11 is 0. The van der Waals surface area contributed by atoms with Crippen LogP contribution in [0.2, 0.25) is 0 Å². The van der Waals surface area contributed by atoms with Crippen LogP contribution in [0.3, 0.4) is 0 Å². The van der Waals surface area contributed by atoms with Crippen molar-refractivity contribution in [1.29, 1.82) is 0 Å². The van der Waals surface area contributed by atoms with Gasteiger partial charge in [-0.15, -0.1) is 0 Å². The molecule has 0 saturated carbocycles. The number of hydrogen-bond donors (Lipinski definition) is 1. The van der Waals surface area contributed by atoms with Gasteiger partial charge in [0.1, 0.15) is 12.4 Å². The molecule has 2 aromatic rings. The van der Waals surface area contributed by atoms with Gasteiger partial charge in [-0.1, -0.05) is 6.92 Å². The van der Waals surface area contributed by atoms with Gasteiger partial charge >= 0.3 is 0 Å².